The van der Waals surface area contributed by atoms with Crippen LogP contribution in [0.1, 0.15) is 71.8 Å². The molecule has 2 aromatic heterocycles. The maximum Gasteiger partial charge on any atom is 0.304 e. The molecule has 2 aromatic rings. The van der Waals surface area contributed by atoms with E-state index in [0.717, 1.165) is 75.4 Å². The lowest BCUT2D eigenvalue weighted by Gasteiger charge is -2.24. The summed E-state index contributed by atoms with van der Waals surface area (Å²) in [4.78, 5) is 50.1. The molecule has 6 rings (SSSR count). The molecule has 39 heavy (non-hydrogen) atoms. The van der Waals surface area contributed by atoms with E-state index in [9.17, 15) is 14.4 Å². The van der Waals surface area contributed by atoms with E-state index in [2.05, 4.69) is 4.98 Å². The highest BCUT2D eigenvalue weighted by Gasteiger charge is 2.38. The maximum absolute atomic E-state index is 13.7. The van der Waals surface area contributed by atoms with E-state index in [-0.39, 0.29) is 16.7 Å². The smallest absolute Gasteiger partial charge is 0.304 e. The molecule has 4 aliphatic rings. The van der Waals surface area contributed by atoms with Gasteiger partial charge in [-0.25, -0.2) is 4.98 Å². The zero-order chi connectivity index (χ0) is 26.8. The van der Waals surface area contributed by atoms with Gasteiger partial charge in [0.25, 0.3) is 5.91 Å². The number of fused-ring (bicyclic) bond motifs is 1. The number of thiazole rings is 1. The summed E-state index contributed by atoms with van der Waals surface area (Å²) in [5, 5.41) is 0. The highest BCUT2D eigenvalue weighted by Crippen LogP contribution is 2.40. The van der Waals surface area contributed by atoms with E-state index in [4.69, 9.17) is 14.5 Å². The molecule has 5 heterocycles. The highest BCUT2D eigenvalue weighted by molar-refractivity contribution is 7.09. The van der Waals surface area contributed by atoms with Crippen molar-refractivity contribution in [1.82, 2.24) is 19.8 Å². The van der Waals surface area contributed by atoms with Crippen LogP contribution in [0.2, 0.25) is 0 Å². The van der Waals surface area contributed by atoms with Crippen molar-refractivity contribution in [2.75, 3.05) is 46.0 Å². The van der Waals surface area contributed by atoms with Crippen molar-refractivity contribution >= 4 is 23.2 Å². The van der Waals surface area contributed by atoms with Crippen molar-refractivity contribution in [1.29, 1.82) is 0 Å². The first kappa shape index (κ1) is 26.5. The fourth-order valence-corrected chi connectivity index (χ4v) is 6.87. The normalized spacial score (nSPS) is 23.9. The molecule has 2 amide bonds. The van der Waals surface area contributed by atoms with Crippen LogP contribution in [-0.2, 0) is 16.0 Å². The van der Waals surface area contributed by atoms with E-state index >= 15 is 0 Å². The number of aromatic nitrogens is 2. The second-order valence-corrected chi connectivity index (χ2v) is 12.7. The number of rotatable bonds is 8. The average molecular weight is 555 g/mol. The zero-order valence-electron chi connectivity index (χ0n) is 22.4. The quantitative estimate of drug-likeness (QED) is 0.536. The molecule has 4 fully saturated rings. The van der Waals surface area contributed by atoms with Gasteiger partial charge in [0.15, 0.2) is 0 Å². The molecule has 0 aromatic carbocycles. The van der Waals surface area contributed by atoms with Crippen LogP contribution >= 0.6 is 11.3 Å². The second kappa shape index (κ2) is 11.8. The van der Waals surface area contributed by atoms with Crippen LogP contribution in [0.5, 0.6) is 5.88 Å². The number of ether oxygens (including phenoxy) is 2. The van der Waals surface area contributed by atoms with Gasteiger partial charge in [-0.2, -0.15) is 0 Å². The van der Waals surface area contributed by atoms with Gasteiger partial charge < -0.3 is 24.3 Å². The molecule has 0 spiro atoms. The number of aryl methyl sites for hydroxylation is 1. The first-order valence-electron chi connectivity index (χ1n) is 14.5. The highest BCUT2D eigenvalue weighted by atomic mass is 32.1. The molecule has 0 radical (unpaired) electrons. The van der Waals surface area contributed by atoms with Crippen LogP contribution in [0, 0.1) is 17.8 Å². The molecule has 210 valence electrons. The Morgan fingerprint density at radius 3 is 2.44 bits per heavy atom. The molecule has 0 bridgehead atoms. The number of carbonyl (C=O) groups excluding carboxylic acids is 2. The largest absolute Gasteiger partial charge is 0.477 e. The number of aromatic amines is 1. The standard InChI is InChI=1S/C29H38N4O5S/c34-27(4-3-24-15-30-29(36)39-24)33-16-21-5-9-32(10-6-22(21)17-33)28(35)23-13-25(20-1-2-20)31-26(14-23)38-18-19-7-11-37-12-8-19/h13-15,19-22H,1-12,16-18H2,(H,30,36)/t21-,22+. The Kier molecular flexibility index (Phi) is 8.02. The number of H-pyrrole nitrogens is 1. The molecule has 1 saturated carbocycles. The minimum absolute atomic E-state index is 0.0635. The van der Waals surface area contributed by atoms with Crippen LogP contribution < -0.4 is 9.61 Å². The van der Waals surface area contributed by atoms with Gasteiger partial charge in [-0.05, 0) is 68.8 Å². The number of likely N-dealkylation sites (tertiary alicyclic amines) is 2. The summed E-state index contributed by atoms with van der Waals surface area (Å²) in [6, 6.07) is 3.81. The van der Waals surface area contributed by atoms with Gasteiger partial charge in [-0.3, -0.25) is 14.4 Å². The summed E-state index contributed by atoms with van der Waals surface area (Å²) in [5.74, 6) is 2.56. The summed E-state index contributed by atoms with van der Waals surface area (Å²) in [5.41, 5.74) is 1.67. The number of amides is 2. The number of nitrogens with zero attached hydrogens (tertiary/aromatic N) is 3. The minimum atomic E-state index is -0.0748. The SMILES string of the molecule is O=C(CCc1c[nH]c(=O)s1)N1C[C@H]2CCN(C(=O)c3cc(OCC4CCOCC4)nc(C4CC4)c3)CC[C@H]2C1. The van der Waals surface area contributed by atoms with Gasteiger partial charge in [-0.15, -0.1) is 0 Å². The van der Waals surface area contributed by atoms with Crippen molar-refractivity contribution in [2.24, 2.45) is 17.8 Å². The third kappa shape index (κ3) is 6.54. The fraction of sp³-hybridized carbons (Fsp3) is 0.655. The van der Waals surface area contributed by atoms with Gasteiger partial charge in [0.2, 0.25) is 11.8 Å². The van der Waals surface area contributed by atoms with Crippen molar-refractivity contribution in [3.8, 4) is 5.88 Å². The van der Waals surface area contributed by atoms with Crippen molar-refractivity contribution in [3.05, 3.63) is 44.1 Å². The molecule has 3 aliphatic heterocycles. The number of pyridine rings is 1. The lowest BCUT2D eigenvalue weighted by Crippen LogP contribution is -2.34. The van der Waals surface area contributed by atoms with Crippen LogP contribution in [0.15, 0.2) is 23.1 Å². The van der Waals surface area contributed by atoms with Crippen molar-refractivity contribution < 1.29 is 19.1 Å². The van der Waals surface area contributed by atoms with E-state index in [0.29, 0.717) is 67.7 Å². The predicted molar refractivity (Wildman–Crippen MR) is 147 cm³/mol. The monoisotopic (exact) mass is 554 g/mol. The topological polar surface area (TPSA) is 105 Å². The van der Waals surface area contributed by atoms with Crippen molar-refractivity contribution in [3.63, 3.8) is 0 Å². The summed E-state index contributed by atoms with van der Waals surface area (Å²) >= 11 is 1.18. The Morgan fingerprint density at radius 1 is 1.03 bits per heavy atom. The lowest BCUT2D eigenvalue weighted by atomic mass is 9.92. The summed E-state index contributed by atoms with van der Waals surface area (Å²) in [6.07, 6.45) is 8.81. The zero-order valence-corrected chi connectivity index (χ0v) is 23.3. The summed E-state index contributed by atoms with van der Waals surface area (Å²) < 4.78 is 11.6. The third-order valence-electron chi connectivity index (χ3n) is 8.79. The van der Waals surface area contributed by atoms with E-state index in [1.54, 1.807) is 6.20 Å². The first-order chi connectivity index (χ1) is 19.0. The predicted octanol–water partition coefficient (Wildman–Crippen LogP) is 3.46. The van der Waals surface area contributed by atoms with E-state index in [1.165, 1.54) is 11.3 Å². The number of nitrogens with one attached hydrogen (secondary N) is 1. The molecule has 1 N–H and O–H groups in total. The Labute approximate surface area is 232 Å². The Hall–Kier alpha value is -2.72. The molecule has 3 saturated heterocycles. The molecule has 0 unspecified atom stereocenters. The van der Waals surface area contributed by atoms with Gasteiger partial charge in [-0.1, -0.05) is 11.3 Å². The van der Waals surface area contributed by atoms with Gasteiger partial charge in [0.05, 0.1) is 6.61 Å². The molecule has 2 atom stereocenters. The fourth-order valence-electron chi connectivity index (χ4n) is 6.19. The maximum atomic E-state index is 13.7. The number of hydrogen-bond acceptors (Lipinski definition) is 7. The van der Waals surface area contributed by atoms with Gasteiger partial charge in [0.1, 0.15) is 0 Å². The summed E-state index contributed by atoms with van der Waals surface area (Å²) in [6.45, 7) is 5.13. The molecule has 1 aliphatic carbocycles. The molecular weight excluding hydrogens is 516 g/mol. The van der Waals surface area contributed by atoms with E-state index < -0.39 is 0 Å². The summed E-state index contributed by atoms with van der Waals surface area (Å²) in [7, 11) is 0. The molecule has 10 heteroatoms. The van der Waals surface area contributed by atoms with Crippen LogP contribution in [0.3, 0.4) is 0 Å². The number of hydrogen-bond donors (Lipinski definition) is 1. The van der Waals surface area contributed by atoms with E-state index in [1.807, 2.05) is 21.9 Å². The van der Waals surface area contributed by atoms with Gasteiger partial charge in [0, 0.05) is 80.1 Å². The van der Waals surface area contributed by atoms with Crippen LogP contribution in [-0.4, -0.2) is 77.6 Å². The Morgan fingerprint density at radius 2 is 1.77 bits per heavy atom. The second-order valence-electron chi connectivity index (χ2n) is 11.6. The Balaban J connectivity index is 1.04. The first-order valence-corrected chi connectivity index (χ1v) is 15.3. The lowest BCUT2D eigenvalue weighted by molar-refractivity contribution is -0.130. The Bertz CT molecular complexity index is 1220. The third-order valence-corrected chi connectivity index (χ3v) is 9.68. The molecule has 9 nitrogen and oxygen atoms in total. The number of carbonyl (C=O) groups is 2. The average Bonchev–Trinajstić information content (AvgIpc) is 3.66. The van der Waals surface area contributed by atoms with Crippen LogP contribution in [0.4, 0.5) is 0 Å². The van der Waals surface area contributed by atoms with Crippen LogP contribution in [0.25, 0.3) is 0 Å². The molecular formula is C29H38N4O5S. The van der Waals surface area contributed by atoms with Crippen molar-refractivity contribution in [2.45, 2.75) is 57.3 Å². The van der Waals surface area contributed by atoms with Gasteiger partial charge >= 0.3 is 4.87 Å². The minimum Gasteiger partial charge on any atom is -0.477 e.